The van der Waals surface area contributed by atoms with Crippen LogP contribution in [-0.4, -0.2) is 31.2 Å². The fourth-order valence-corrected chi connectivity index (χ4v) is 3.90. The second-order valence-electron chi connectivity index (χ2n) is 9.46. The highest BCUT2D eigenvalue weighted by Crippen LogP contribution is 2.39. The van der Waals surface area contributed by atoms with Crippen LogP contribution in [0.3, 0.4) is 0 Å². The number of hydrogen-bond acceptors (Lipinski definition) is 4. The van der Waals surface area contributed by atoms with Crippen LogP contribution in [0.25, 0.3) is 0 Å². The molecule has 2 aromatic rings. The van der Waals surface area contributed by atoms with E-state index >= 15 is 0 Å². The molecule has 0 bridgehead atoms. The first-order chi connectivity index (χ1) is 13.1. The number of phenolic OH excluding ortho intramolecular Hbond substituents is 1. The predicted molar refractivity (Wildman–Crippen MR) is 119 cm³/mol. The van der Waals surface area contributed by atoms with E-state index in [1.165, 1.54) is 13.3 Å². The number of benzene rings is 2. The zero-order chi connectivity index (χ0) is 22.2. The maximum atomic E-state index is 12.7. The predicted octanol–water partition coefficient (Wildman–Crippen LogP) is 4.95. The van der Waals surface area contributed by atoms with Gasteiger partial charge < -0.3 is 5.11 Å². The summed E-state index contributed by atoms with van der Waals surface area (Å²) in [4.78, 5) is 0.194. The van der Waals surface area contributed by atoms with Crippen LogP contribution in [0.1, 0.15) is 63.8 Å². The molecule has 0 saturated heterocycles. The molecular weight excluding hydrogens is 384 g/mol. The van der Waals surface area contributed by atoms with Gasteiger partial charge in [0.15, 0.2) is 0 Å². The summed E-state index contributed by atoms with van der Waals surface area (Å²) in [5, 5.41) is 15.0. The minimum Gasteiger partial charge on any atom is -0.507 e. The van der Waals surface area contributed by atoms with E-state index in [0.717, 1.165) is 26.7 Å². The van der Waals surface area contributed by atoms with Crippen molar-refractivity contribution in [2.45, 2.75) is 64.2 Å². The monoisotopic (exact) mass is 416 g/mol. The molecule has 0 aromatic heterocycles. The quantitative estimate of drug-likeness (QED) is 0.566. The fourth-order valence-electron chi connectivity index (χ4n) is 2.95. The maximum Gasteiger partial charge on any atom is 0.278 e. The molecule has 0 radical (unpaired) electrons. The molecule has 2 aromatic carbocycles. The van der Waals surface area contributed by atoms with Gasteiger partial charge in [0.25, 0.3) is 10.0 Å². The number of aromatic hydroxyl groups is 1. The molecule has 29 heavy (non-hydrogen) atoms. The van der Waals surface area contributed by atoms with E-state index in [4.69, 9.17) is 0 Å². The number of phenols is 1. The molecule has 2 rings (SSSR count). The Morgan fingerprint density at radius 1 is 0.931 bits per heavy atom. The van der Waals surface area contributed by atoms with Crippen molar-refractivity contribution in [3.05, 3.63) is 58.7 Å². The first-order valence-electron chi connectivity index (χ1n) is 9.61. The van der Waals surface area contributed by atoms with Crippen molar-refractivity contribution in [3.63, 3.8) is 0 Å². The standard InChI is InChI=1S/C23H32N2O3S/c1-16-9-11-18(12-10-16)29(27,28)25(8)24-15-17-13-19(22(2,3)4)21(26)20(14-17)23(5,6)7/h9-15,26H,1-8H3/b24-15+. The molecule has 0 amide bonds. The van der Waals surface area contributed by atoms with Gasteiger partial charge in [-0.3, -0.25) is 0 Å². The Kier molecular flexibility index (Phi) is 6.19. The molecule has 158 valence electrons. The van der Waals surface area contributed by atoms with Gasteiger partial charge in [0.2, 0.25) is 0 Å². The third-order valence-electron chi connectivity index (χ3n) is 4.78. The SMILES string of the molecule is Cc1ccc(S(=O)(=O)N(C)/N=C/c2cc(C(C)(C)C)c(O)c(C(C)(C)C)c2)cc1. The van der Waals surface area contributed by atoms with Gasteiger partial charge in [0.1, 0.15) is 5.75 Å². The first-order valence-corrected chi connectivity index (χ1v) is 11.1. The molecule has 0 saturated carbocycles. The van der Waals surface area contributed by atoms with Crippen LogP contribution in [0.2, 0.25) is 0 Å². The molecule has 5 nitrogen and oxygen atoms in total. The molecule has 6 heteroatoms. The van der Waals surface area contributed by atoms with Gasteiger partial charge in [-0.2, -0.15) is 17.9 Å². The van der Waals surface area contributed by atoms with Gasteiger partial charge in [-0.25, -0.2) is 0 Å². The maximum absolute atomic E-state index is 12.7. The molecular formula is C23H32N2O3S. The Balaban J connectivity index is 2.47. The van der Waals surface area contributed by atoms with Crippen molar-refractivity contribution in [2.24, 2.45) is 5.10 Å². The number of rotatable bonds is 4. The molecule has 0 aliphatic heterocycles. The number of aryl methyl sites for hydroxylation is 1. The van der Waals surface area contributed by atoms with Crippen LogP contribution in [0.5, 0.6) is 5.75 Å². The second-order valence-corrected chi connectivity index (χ2v) is 11.4. The van der Waals surface area contributed by atoms with Crippen molar-refractivity contribution >= 4 is 16.2 Å². The topological polar surface area (TPSA) is 70.0 Å². The largest absolute Gasteiger partial charge is 0.507 e. The van der Waals surface area contributed by atoms with E-state index in [0.29, 0.717) is 0 Å². The van der Waals surface area contributed by atoms with Crippen LogP contribution in [-0.2, 0) is 20.9 Å². The van der Waals surface area contributed by atoms with E-state index in [9.17, 15) is 13.5 Å². The van der Waals surface area contributed by atoms with Gasteiger partial charge in [-0.1, -0.05) is 59.2 Å². The van der Waals surface area contributed by atoms with Gasteiger partial charge in [0.05, 0.1) is 11.1 Å². The highest BCUT2D eigenvalue weighted by atomic mass is 32.2. The van der Waals surface area contributed by atoms with Gasteiger partial charge >= 0.3 is 0 Å². The Morgan fingerprint density at radius 2 is 1.38 bits per heavy atom. The Hall–Kier alpha value is -2.34. The van der Waals surface area contributed by atoms with E-state index < -0.39 is 10.0 Å². The van der Waals surface area contributed by atoms with Crippen LogP contribution in [0, 0.1) is 6.92 Å². The zero-order valence-corrected chi connectivity index (χ0v) is 19.4. The first kappa shape index (κ1) is 22.9. The Labute approximate surface area is 175 Å². The van der Waals surface area contributed by atoms with Crippen molar-refractivity contribution in [1.82, 2.24) is 4.41 Å². The summed E-state index contributed by atoms with van der Waals surface area (Å²) >= 11 is 0. The third-order valence-corrected chi connectivity index (χ3v) is 6.44. The number of sulfonamides is 1. The van der Waals surface area contributed by atoms with Crippen LogP contribution < -0.4 is 0 Å². The molecule has 0 aliphatic carbocycles. The van der Waals surface area contributed by atoms with Crippen LogP contribution in [0.4, 0.5) is 0 Å². The number of nitrogens with zero attached hydrogens (tertiary/aromatic N) is 2. The molecule has 0 spiro atoms. The second kappa shape index (κ2) is 7.82. The Morgan fingerprint density at radius 3 is 1.79 bits per heavy atom. The van der Waals surface area contributed by atoms with E-state index in [1.54, 1.807) is 24.3 Å². The summed E-state index contributed by atoms with van der Waals surface area (Å²) < 4.78 is 26.5. The molecule has 1 N–H and O–H groups in total. The fraction of sp³-hybridized carbons (Fsp3) is 0.435. The van der Waals surface area contributed by atoms with Crippen molar-refractivity contribution < 1.29 is 13.5 Å². The van der Waals surface area contributed by atoms with E-state index in [2.05, 4.69) is 5.10 Å². The minimum absolute atomic E-state index is 0.194. The smallest absolute Gasteiger partial charge is 0.278 e. The summed E-state index contributed by atoms with van der Waals surface area (Å²) in [7, 11) is -2.31. The lowest BCUT2D eigenvalue weighted by atomic mass is 9.78. The van der Waals surface area contributed by atoms with Crippen LogP contribution >= 0.6 is 0 Å². The third kappa shape index (κ3) is 5.18. The molecule has 0 unspecified atom stereocenters. The van der Waals surface area contributed by atoms with Crippen LogP contribution in [0.15, 0.2) is 46.4 Å². The van der Waals surface area contributed by atoms with Gasteiger partial charge in [-0.05, 0) is 47.6 Å². The summed E-state index contributed by atoms with van der Waals surface area (Å²) in [6, 6.07) is 10.4. The molecule has 0 atom stereocenters. The van der Waals surface area contributed by atoms with Gasteiger partial charge in [0, 0.05) is 18.2 Å². The van der Waals surface area contributed by atoms with Crippen molar-refractivity contribution in [1.29, 1.82) is 0 Å². The lowest BCUT2D eigenvalue weighted by Gasteiger charge is -2.27. The van der Waals surface area contributed by atoms with Crippen molar-refractivity contribution in [3.8, 4) is 5.75 Å². The minimum atomic E-state index is -3.73. The van der Waals surface area contributed by atoms with E-state index in [-0.39, 0.29) is 21.5 Å². The summed E-state index contributed by atoms with van der Waals surface area (Å²) in [5.41, 5.74) is 2.79. The average Bonchev–Trinajstić information content (AvgIpc) is 2.58. The summed E-state index contributed by atoms with van der Waals surface area (Å²) in [5.74, 6) is 0.280. The zero-order valence-electron chi connectivity index (χ0n) is 18.6. The normalized spacial score (nSPS) is 13.1. The molecule has 0 heterocycles. The van der Waals surface area contributed by atoms with Crippen molar-refractivity contribution in [2.75, 3.05) is 7.05 Å². The average molecular weight is 417 g/mol. The summed E-state index contributed by atoms with van der Waals surface area (Å²) in [6.45, 7) is 14.1. The van der Waals surface area contributed by atoms with Gasteiger partial charge in [-0.15, -0.1) is 0 Å². The lowest BCUT2D eigenvalue weighted by molar-refractivity contribution is 0.423. The lowest BCUT2D eigenvalue weighted by Crippen LogP contribution is -2.22. The number of hydrogen-bond donors (Lipinski definition) is 1. The van der Waals surface area contributed by atoms with E-state index in [1.807, 2.05) is 60.6 Å². The molecule has 0 fully saturated rings. The Bertz CT molecular complexity index is 975. The highest BCUT2D eigenvalue weighted by Gasteiger charge is 2.26. The summed E-state index contributed by atoms with van der Waals surface area (Å²) in [6.07, 6.45) is 1.52. The highest BCUT2D eigenvalue weighted by molar-refractivity contribution is 7.89. The molecule has 0 aliphatic rings. The number of hydrazone groups is 1.